The van der Waals surface area contributed by atoms with Crippen LogP contribution in [0.25, 0.3) is 0 Å². The number of anilines is 1. The van der Waals surface area contributed by atoms with Crippen LogP contribution in [0.1, 0.15) is 17.5 Å². The van der Waals surface area contributed by atoms with Gasteiger partial charge in [0.1, 0.15) is 0 Å². The fourth-order valence-corrected chi connectivity index (χ4v) is 2.96. The van der Waals surface area contributed by atoms with Gasteiger partial charge in [0.15, 0.2) is 0 Å². The van der Waals surface area contributed by atoms with Gasteiger partial charge in [-0.1, -0.05) is 48.0 Å². The Bertz CT molecular complexity index is 745. The number of carbonyl (C=O) groups excluding carboxylic acids is 2. The van der Waals surface area contributed by atoms with Crippen molar-refractivity contribution in [2.24, 2.45) is 0 Å². The van der Waals surface area contributed by atoms with Gasteiger partial charge in [-0.2, -0.15) is 0 Å². The molecule has 0 saturated carbocycles. The number of para-hydroxylation sites is 1. The highest BCUT2D eigenvalue weighted by atomic mass is 35.5. The predicted octanol–water partition coefficient (Wildman–Crippen LogP) is 2.94. The van der Waals surface area contributed by atoms with Crippen molar-refractivity contribution in [2.75, 3.05) is 11.4 Å². The van der Waals surface area contributed by atoms with Crippen molar-refractivity contribution in [3.05, 3.63) is 64.7 Å². The van der Waals surface area contributed by atoms with Crippen LogP contribution in [0.2, 0.25) is 5.02 Å². The molecule has 118 valence electrons. The molecule has 2 amide bonds. The van der Waals surface area contributed by atoms with Crippen LogP contribution in [0.15, 0.2) is 48.5 Å². The summed E-state index contributed by atoms with van der Waals surface area (Å²) in [6.45, 7) is 0.801. The SMILES string of the molecule is O=C(NCc1ccccc1Cl)C(=O)N1CCCc2ccccc21. The van der Waals surface area contributed by atoms with E-state index >= 15 is 0 Å². The largest absolute Gasteiger partial charge is 0.344 e. The lowest BCUT2D eigenvalue weighted by Gasteiger charge is -2.28. The molecule has 0 saturated heterocycles. The van der Waals surface area contributed by atoms with Crippen molar-refractivity contribution >= 4 is 29.1 Å². The first-order valence-corrected chi connectivity index (χ1v) is 7.95. The molecule has 1 aliphatic heterocycles. The molecule has 1 N–H and O–H groups in total. The van der Waals surface area contributed by atoms with Gasteiger partial charge in [0.2, 0.25) is 0 Å². The van der Waals surface area contributed by atoms with E-state index in [2.05, 4.69) is 5.32 Å². The maximum atomic E-state index is 12.4. The van der Waals surface area contributed by atoms with Gasteiger partial charge in [-0.25, -0.2) is 0 Å². The number of rotatable bonds is 2. The maximum absolute atomic E-state index is 12.4. The Morgan fingerprint density at radius 3 is 2.65 bits per heavy atom. The summed E-state index contributed by atoms with van der Waals surface area (Å²) in [7, 11) is 0. The fraction of sp³-hybridized carbons (Fsp3) is 0.222. The van der Waals surface area contributed by atoms with Crippen molar-refractivity contribution in [3.63, 3.8) is 0 Å². The van der Waals surface area contributed by atoms with Gasteiger partial charge in [-0.15, -0.1) is 0 Å². The highest BCUT2D eigenvalue weighted by Gasteiger charge is 2.27. The molecule has 2 aromatic carbocycles. The molecule has 4 nitrogen and oxygen atoms in total. The fourth-order valence-electron chi connectivity index (χ4n) is 2.76. The summed E-state index contributed by atoms with van der Waals surface area (Å²) in [5, 5.41) is 3.23. The molecule has 5 heteroatoms. The van der Waals surface area contributed by atoms with Crippen LogP contribution in [0, 0.1) is 0 Å². The summed E-state index contributed by atoms with van der Waals surface area (Å²) in [6.07, 6.45) is 1.79. The Labute approximate surface area is 140 Å². The van der Waals surface area contributed by atoms with E-state index in [0.29, 0.717) is 11.6 Å². The van der Waals surface area contributed by atoms with Crippen LogP contribution < -0.4 is 10.2 Å². The first kappa shape index (κ1) is 15.6. The van der Waals surface area contributed by atoms with E-state index in [1.165, 1.54) is 0 Å². The number of benzene rings is 2. The van der Waals surface area contributed by atoms with Gasteiger partial charge >= 0.3 is 11.8 Å². The molecule has 1 heterocycles. The van der Waals surface area contributed by atoms with Crippen molar-refractivity contribution in [1.82, 2.24) is 5.32 Å². The Kier molecular flexibility index (Phi) is 4.63. The number of hydrogen-bond donors (Lipinski definition) is 1. The van der Waals surface area contributed by atoms with Gasteiger partial charge in [0.05, 0.1) is 0 Å². The second-order valence-electron chi connectivity index (χ2n) is 5.46. The molecule has 0 radical (unpaired) electrons. The van der Waals surface area contributed by atoms with Crippen LogP contribution in [0.5, 0.6) is 0 Å². The van der Waals surface area contributed by atoms with E-state index in [4.69, 9.17) is 11.6 Å². The summed E-state index contributed by atoms with van der Waals surface area (Å²) in [6, 6.07) is 15.0. The molecule has 23 heavy (non-hydrogen) atoms. The van der Waals surface area contributed by atoms with Gasteiger partial charge in [0.25, 0.3) is 0 Å². The number of amides is 2. The summed E-state index contributed by atoms with van der Waals surface area (Å²) >= 11 is 6.06. The molecule has 0 unspecified atom stereocenters. The first-order valence-electron chi connectivity index (χ1n) is 7.58. The smallest absolute Gasteiger partial charge is 0.316 e. The van der Waals surface area contributed by atoms with Gasteiger partial charge in [-0.3, -0.25) is 9.59 Å². The zero-order valence-corrected chi connectivity index (χ0v) is 13.3. The molecule has 0 aromatic heterocycles. The number of fused-ring (bicyclic) bond motifs is 1. The molecule has 0 spiro atoms. The molecule has 3 rings (SSSR count). The van der Waals surface area contributed by atoms with Crippen molar-refractivity contribution in [2.45, 2.75) is 19.4 Å². The second-order valence-corrected chi connectivity index (χ2v) is 5.87. The molecule has 0 atom stereocenters. The monoisotopic (exact) mass is 328 g/mol. The molecular formula is C18H17ClN2O2. The molecular weight excluding hydrogens is 312 g/mol. The summed E-state index contributed by atoms with van der Waals surface area (Å²) in [4.78, 5) is 26.2. The van der Waals surface area contributed by atoms with E-state index in [1.54, 1.807) is 11.0 Å². The average Bonchev–Trinajstić information content (AvgIpc) is 2.59. The maximum Gasteiger partial charge on any atom is 0.316 e. The minimum absolute atomic E-state index is 0.236. The van der Waals surface area contributed by atoms with Gasteiger partial charge in [-0.05, 0) is 36.1 Å². The standard InChI is InChI=1S/C18H17ClN2O2/c19-15-9-3-1-7-14(15)12-20-17(22)18(23)21-11-5-8-13-6-2-4-10-16(13)21/h1-4,6-7,9-10H,5,8,11-12H2,(H,20,22). The lowest BCUT2D eigenvalue weighted by Crippen LogP contribution is -2.45. The molecule has 0 fully saturated rings. The third kappa shape index (κ3) is 3.37. The Morgan fingerprint density at radius 2 is 1.83 bits per heavy atom. The summed E-state index contributed by atoms with van der Waals surface area (Å²) in [5.74, 6) is -1.13. The van der Waals surface area contributed by atoms with Gasteiger partial charge < -0.3 is 10.2 Å². The van der Waals surface area contributed by atoms with Crippen molar-refractivity contribution in [1.29, 1.82) is 0 Å². The van der Waals surface area contributed by atoms with Crippen LogP contribution in [-0.4, -0.2) is 18.4 Å². The lowest BCUT2D eigenvalue weighted by atomic mass is 10.0. The zero-order chi connectivity index (χ0) is 16.2. The summed E-state index contributed by atoms with van der Waals surface area (Å²) in [5.41, 5.74) is 2.72. The van der Waals surface area contributed by atoms with E-state index in [0.717, 1.165) is 29.7 Å². The third-order valence-corrected chi connectivity index (χ3v) is 4.32. The zero-order valence-electron chi connectivity index (χ0n) is 12.6. The second kappa shape index (κ2) is 6.84. The van der Waals surface area contributed by atoms with E-state index in [1.807, 2.05) is 42.5 Å². The number of halogens is 1. The Hall–Kier alpha value is -2.33. The van der Waals surface area contributed by atoms with Crippen molar-refractivity contribution < 1.29 is 9.59 Å². The number of nitrogens with zero attached hydrogens (tertiary/aromatic N) is 1. The molecule has 0 aliphatic carbocycles. The minimum atomic E-state index is -0.610. The van der Waals surface area contributed by atoms with Crippen molar-refractivity contribution in [3.8, 4) is 0 Å². The van der Waals surface area contributed by atoms with Crippen LogP contribution >= 0.6 is 11.6 Å². The third-order valence-electron chi connectivity index (χ3n) is 3.95. The average molecular weight is 329 g/mol. The van der Waals surface area contributed by atoms with Gasteiger partial charge in [0, 0.05) is 23.8 Å². The highest BCUT2D eigenvalue weighted by molar-refractivity contribution is 6.40. The quantitative estimate of drug-likeness (QED) is 0.862. The van der Waals surface area contributed by atoms with E-state index in [-0.39, 0.29) is 6.54 Å². The predicted molar refractivity (Wildman–Crippen MR) is 90.4 cm³/mol. The lowest BCUT2D eigenvalue weighted by molar-refractivity contribution is -0.137. The minimum Gasteiger partial charge on any atom is -0.344 e. The number of hydrogen-bond acceptors (Lipinski definition) is 2. The normalized spacial score (nSPS) is 13.3. The molecule has 1 aliphatic rings. The number of aryl methyl sites for hydroxylation is 1. The highest BCUT2D eigenvalue weighted by Crippen LogP contribution is 2.26. The van der Waals surface area contributed by atoms with Crippen LogP contribution in [0.3, 0.4) is 0 Å². The van der Waals surface area contributed by atoms with Crippen LogP contribution in [0.4, 0.5) is 5.69 Å². The van der Waals surface area contributed by atoms with E-state index < -0.39 is 11.8 Å². The van der Waals surface area contributed by atoms with E-state index in [9.17, 15) is 9.59 Å². The first-order chi connectivity index (χ1) is 11.2. The summed E-state index contributed by atoms with van der Waals surface area (Å²) < 4.78 is 0. The number of carbonyl (C=O) groups is 2. The molecule has 0 bridgehead atoms. The Morgan fingerprint density at radius 1 is 1.09 bits per heavy atom. The Balaban J connectivity index is 1.69. The molecule has 2 aromatic rings. The van der Waals surface area contributed by atoms with Crippen LogP contribution in [-0.2, 0) is 22.6 Å². The topological polar surface area (TPSA) is 49.4 Å². The number of nitrogens with one attached hydrogen (secondary N) is 1.